The molecule has 188 valence electrons. The molecular weight excluding hydrogens is 493 g/mol. The Bertz CT molecular complexity index is 1320. The van der Waals surface area contributed by atoms with E-state index in [0.717, 1.165) is 35.1 Å². The highest BCUT2D eigenvalue weighted by Gasteiger charge is 2.38. The van der Waals surface area contributed by atoms with Gasteiger partial charge in [0.05, 0.1) is 22.5 Å². The lowest BCUT2D eigenvalue weighted by Gasteiger charge is -2.24. The van der Waals surface area contributed by atoms with E-state index in [0.29, 0.717) is 11.7 Å². The van der Waals surface area contributed by atoms with Gasteiger partial charge >= 0.3 is 12.1 Å². The second kappa shape index (κ2) is 10.9. The molecule has 2 aromatic carbocycles. The maximum absolute atomic E-state index is 13.6. The Hall–Kier alpha value is -3.73. The summed E-state index contributed by atoms with van der Waals surface area (Å²) in [5.41, 5.74) is 8.53. The van der Waals surface area contributed by atoms with Gasteiger partial charge in [-0.3, -0.25) is 10.2 Å². The van der Waals surface area contributed by atoms with E-state index >= 15 is 0 Å². The second-order valence-electron chi connectivity index (χ2n) is 8.35. The Kier molecular flexibility index (Phi) is 7.68. The summed E-state index contributed by atoms with van der Waals surface area (Å²) in [7, 11) is 0. The molecule has 2 aromatic heterocycles. The number of nitrogens with zero attached hydrogens (tertiary/aromatic N) is 3. The van der Waals surface area contributed by atoms with Crippen LogP contribution in [0, 0.1) is 5.92 Å². The van der Waals surface area contributed by atoms with Crippen molar-refractivity contribution < 1.29 is 27.9 Å². The van der Waals surface area contributed by atoms with Crippen molar-refractivity contribution >= 4 is 34.2 Å². The minimum atomic E-state index is -5.08. The number of aliphatic carboxylic acids is 1. The van der Waals surface area contributed by atoms with E-state index in [2.05, 4.69) is 22.5 Å². The fourth-order valence-electron chi connectivity index (χ4n) is 4.40. The number of thiazole rings is 1. The number of benzene rings is 2. The van der Waals surface area contributed by atoms with Crippen molar-refractivity contribution in [2.75, 3.05) is 5.43 Å². The van der Waals surface area contributed by atoms with Crippen LogP contribution < -0.4 is 5.43 Å². The van der Waals surface area contributed by atoms with Gasteiger partial charge in [0, 0.05) is 5.38 Å². The highest BCUT2D eigenvalue weighted by atomic mass is 32.1. The zero-order valence-electron chi connectivity index (χ0n) is 19.0. The number of amides is 1. The van der Waals surface area contributed by atoms with E-state index in [1.807, 2.05) is 47.8 Å². The number of carboxylic acid groups (broad SMARTS) is 1. The van der Waals surface area contributed by atoms with Crippen molar-refractivity contribution in [2.24, 2.45) is 5.92 Å². The van der Waals surface area contributed by atoms with Crippen molar-refractivity contribution in [3.8, 4) is 11.5 Å². The van der Waals surface area contributed by atoms with Crippen molar-refractivity contribution in [1.82, 2.24) is 14.6 Å². The van der Waals surface area contributed by atoms with Crippen molar-refractivity contribution in [2.45, 2.75) is 37.8 Å². The maximum atomic E-state index is 13.6. The van der Waals surface area contributed by atoms with E-state index in [9.17, 15) is 18.0 Å². The number of para-hydroxylation sites is 2. The predicted octanol–water partition coefficient (Wildman–Crippen LogP) is 5.84. The number of hydrogen-bond donors (Lipinski definition) is 2. The van der Waals surface area contributed by atoms with E-state index < -0.39 is 12.1 Å². The molecule has 2 heterocycles. The lowest BCUT2D eigenvalue weighted by molar-refractivity contribution is -0.192. The summed E-state index contributed by atoms with van der Waals surface area (Å²) in [6.45, 7) is 0. The van der Waals surface area contributed by atoms with Crippen LogP contribution in [0.1, 0.15) is 37.2 Å². The molecule has 1 aliphatic rings. The van der Waals surface area contributed by atoms with E-state index in [1.54, 1.807) is 10.2 Å². The van der Waals surface area contributed by atoms with E-state index in [-0.39, 0.29) is 11.8 Å². The van der Waals surface area contributed by atoms with Crippen LogP contribution in [0.25, 0.3) is 22.6 Å². The zero-order chi connectivity index (χ0) is 25.7. The van der Waals surface area contributed by atoms with Crippen molar-refractivity contribution in [1.29, 1.82) is 0 Å². The van der Waals surface area contributed by atoms with Crippen LogP contribution in [0.5, 0.6) is 0 Å². The standard InChI is InChI=1S/C23H22N4OS.C2HF3O2/c28-23(21(17-10-4-5-11-17)16-8-2-1-3-9-16)26-27-20-13-7-6-12-18(20)25-22(27)19-14-29-15-24-19;3-2(4,5)1(6)7/h1-3,6-9,12-15,17,21H,4-5,10-11H2,(H,26,28);(H,6,7). The lowest BCUT2D eigenvalue weighted by Crippen LogP contribution is -2.32. The lowest BCUT2D eigenvalue weighted by atomic mass is 9.84. The maximum Gasteiger partial charge on any atom is 0.490 e. The summed E-state index contributed by atoms with van der Waals surface area (Å²) in [6.07, 6.45) is -0.508. The molecule has 1 amide bonds. The fourth-order valence-corrected chi connectivity index (χ4v) is 4.93. The smallest absolute Gasteiger partial charge is 0.475 e. The Morgan fingerprint density at radius 1 is 1.06 bits per heavy atom. The summed E-state index contributed by atoms with van der Waals surface area (Å²) >= 11 is 1.52. The number of aromatic nitrogens is 3. The van der Waals surface area contributed by atoms with Gasteiger partial charge in [-0.05, 0) is 36.5 Å². The third-order valence-electron chi connectivity index (χ3n) is 6.00. The molecule has 4 aromatic rings. The molecule has 7 nitrogen and oxygen atoms in total. The van der Waals surface area contributed by atoms with E-state index in [4.69, 9.17) is 14.9 Å². The second-order valence-corrected chi connectivity index (χ2v) is 9.06. The number of alkyl halides is 3. The van der Waals surface area contributed by atoms with Gasteiger partial charge in [0.2, 0.25) is 5.91 Å². The minimum absolute atomic E-state index is 0.0164. The Morgan fingerprint density at radius 2 is 1.69 bits per heavy atom. The Balaban J connectivity index is 0.000000384. The molecule has 0 aliphatic heterocycles. The monoisotopic (exact) mass is 516 g/mol. The molecule has 2 N–H and O–H groups in total. The molecule has 1 fully saturated rings. The van der Waals surface area contributed by atoms with Gasteiger partial charge in [-0.1, -0.05) is 55.3 Å². The number of fused-ring (bicyclic) bond motifs is 1. The quantitative estimate of drug-likeness (QED) is 0.348. The number of halogens is 3. The summed E-state index contributed by atoms with van der Waals surface area (Å²) in [6, 6.07) is 18.0. The van der Waals surface area contributed by atoms with Crippen molar-refractivity contribution in [3.63, 3.8) is 0 Å². The SMILES string of the molecule is O=C(Nn1c(-c2cscn2)nc2ccccc21)C(c1ccccc1)C1CCCC1.O=C(O)C(F)(F)F. The number of hydrogen-bond acceptors (Lipinski definition) is 5. The molecule has 0 radical (unpaired) electrons. The molecule has 0 spiro atoms. The first kappa shape index (κ1) is 25.4. The van der Waals surface area contributed by atoms with E-state index in [1.165, 1.54) is 24.2 Å². The number of carbonyl (C=O) groups is 2. The molecule has 11 heteroatoms. The number of nitrogens with one attached hydrogen (secondary N) is 1. The predicted molar refractivity (Wildman–Crippen MR) is 130 cm³/mol. The number of carboxylic acids is 1. The highest BCUT2D eigenvalue weighted by molar-refractivity contribution is 7.07. The minimum Gasteiger partial charge on any atom is -0.475 e. The van der Waals surface area contributed by atoms with Gasteiger partial charge in [-0.15, -0.1) is 11.3 Å². The molecule has 1 saturated carbocycles. The topological polar surface area (TPSA) is 97.1 Å². The zero-order valence-corrected chi connectivity index (χ0v) is 19.8. The fraction of sp³-hybridized carbons (Fsp3) is 0.280. The van der Waals surface area contributed by atoms with Crippen LogP contribution >= 0.6 is 11.3 Å². The van der Waals surface area contributed by atoms with Crippen LogP contribution in [0.3, 0.4) is 0 Å². The molecule has 0 saturated heterocycles. The van der Waals surface area contributed by atoms with Crippen LogP contribution in [-0.4, -0.2) is 37.8 Å². The van der Waals surface area contributed by atoms with Crippen molar-refractivity contribution in [3.05, 3.63) is 71.1 Å². The molecule has 1 unspecified atom stereocenters. The van der Waals surface area contributed by atoms with Gasteiger partial charge in [-0.2, -0.15) is 13.2 Å². The van der Waals surface area contributed by atoms with Crippen LogP contribution in [0.4, 0.5) is 13.2 Å². The number of rotatable bonds is 5. The summed E-state index contributed by atoms with van der Waals surface area (Å²) < 4.78 is 33.5. The largest absolute Gasteiger partial charge is 0.490 e. The first-order chi connectivity index (χ1) is 17.3. The Labute approximate surface area is 208 Å². The average molecular weight is 517 g/mol. The molecule has 5 rings (SSSR count). The normalized spacial score (nSPS) is 14.8. The first-order valence-corrected chi connectivity index (χ1v) is 12.2. The summed E-state index contributed by atoms with van der Waals surface area (Å²) in [5.74, 6) is -1.87. The number of imidazole rings is 1. The van der Waals surface area contributed by atoms with Crippen LogP contribution in [0.2, 0.25) is 0 Å². The molecular formula is C25H23F3N4O3S. The van der Waals surface area contributed by atoms with Gasteiger partial charge in [-0.25, -0.2) is 19.4 Å². The van der Waals surface area contributed by atoms with Gasteiger partial charge in [0.25, 0.3) is 0 Å². The third kappa shape index (κ3) is 5.73. The average Bonchev–Trinajstić information content (AvgIpc) is 3.62. The molecule has 1 atom stereocenters. The molecule has 0 bridgehead atoms. The molecule has 1 aliphatic carbocycles. The van der Waals surface area contributed by atoms with Crippen LogP contribution in [-0.2, 0) is 9.59 Å². The van der Waals surface area contributed by atoms with Gasteiger partial charge in [0.15, 0.2) is 5.82 Å². The summed E-state index contributed by atoms with van der Waals surface area (Å²) in [4.78, 5) is 31.6. The van der Waals surface area contributed by atoms with Gasteiger partial charge < -0.3 is 5.11 Å². The first-order valence-electron chi connectivity index (χ1n) is 11.3. The third-order valence-corrected chi connectivity index (χ3v) is 6.59. The highest BCUT2D eigenvalue weighted by Crippen LogP contribution is 2.38. The number of carbonyl (C=O) groups excluding carboxylic acids is 1. The van der Waals surface area contributed by atoms with Crippen LogP contribution in [0.15, 0.2) is 65.5 Å². The summed E-state index contributed by atoms with van der Waals surface area (Å²) in [5, 5.41) is 9.08. The molecule has 36 heavy (non-hydrogen) atoms. The van der Waals surface area contributed by atoms with Gasteiger partial charge in [0.1, 0.15) is 5.69 Å². The Morgan fingerprint density at radius 3 is 2.31 bits per heavy atom.